The predicted octanol–water partition coefficient (Wildman–Crippen LogP) is 4.18. The first-order chi connectivity index (χ1) is 17.5. The quantitative estimate of drug-likeness (QED) is 0.566. The third kappa shape index (κ3) is 5.32. The van der Waals surface area contributed by atoms with Crippen LogP contribution in [-0.2, 0) is 33.7 Å². The highest BCUT2D eigenvalue weighted by atomic mass is 16.7. The summed E-state index contributed by atoms with van der Waals surface area (Å²) in [6.45, 7) is 12.5. The summed E-state index contributed by atoms with van der Waals surface area (Å²) in [5, 5.41) is 0. The van der Waals surface area contributed by atoms with E-state index in [1.54, 1.807) is 6.33 Å². The van der Waals surface area contributed by atoms with Crippen LogP contribution in [0.4, 0.5) is 5.82 Å². The predicted molar refractivity (Wildman–Crippen MR) is 140 cm³/mol. The van der Waals surface area contributed by atoms with Crippen molar-refractivity contribution in [3.05, 3.63) is 65.1 Å². The van der Waals surface area contributed by atoms with Crippen LogP contribution in [0.1, 0.15) is 60.1 Å². The second kappa shape index (κ2) is 11.1. The van der Waals surface area contributed by atoms with Crippen LogP contribution in [0, 0.1) is 12.8 Å². The van der Waals surface area contributed by atoms with E-state index < -0.39 is 0 Å². The van der Waals surface area contributed by atoms with Gasteiger partial charge in [0.25, 0.3) is 0 Å². The molecule has 2 aliphatic heterocycles. The number of anilines is 1. The van der Waals surface area contributed by atoms with Gasteiger partial charge >= 0.3 is 0 Å². The largest absolute Gasteiger partial charge is 0.353 e. The van der Waals surface area contributed by atoms with Gasteiger partial charge in [0.2, 0.25) is 5.91 Å². The molecule has 7 nitrogen and oxygen atoms in total. The first kappa shape index (κ1) is 24.9. The van der Waals surface area contributed by atoms with Crippen molar-refractivity contribution in [2.75, 3.05) is 37.7 Å². The summed E-state index contributed by atoms with van der Waals surface area (Å²) in [4.78, 5) is 25.6. The van der Waals surface area contributed by atoms with Crippen LogP contribution in [0.25, 0.3) is 0 Å². The van der Waals surface area contributed by atoms with Crippen molar-refractivity contribution in [2.45, 2.75) is 64.8 Å². The zero-order chi connectivity index (χ0) is 25.1. The Morgan fingerprint density at radius 3 is 2.78 bits per heavy atom. The number of carbonyl (C=O) groups excluding carboxylic acids is 1. The molecule has 1 aliphatic carbocycles. The molecule has 0 spiro atoms. The monoisotopic (exact) mass is 490 g/mol. The molecule has 3 atom stereocenters. The summed E-state index contributed by atoms with van der Waals surface area (Å²) in [6.07, 6.45) is 8.20. The molecular formula is C29H38N4O3. The minimum Gasteiger partial charge on any atom is -0.353 e. The summed E-state index contributed by atoms with van der Waals surface area (Å²) < 4.78 is 11.8. The molecule has 1 amide bonds. The zero-order valence-electron chi connectivity index (χ0n) is 21.6. The Bertz CT molecular complexity index is 1090. The molecule has 0 saturated carbocycles. The van der Waals surface area contributed by atoms with Gasteiger partial charge in [0, 0.05) is 44.0 Å². The Morgan fingerprint density at radius 2 is 2.03 bits per heavy atom. The van der Waals surface area contributed by atoms with E-state index in [4.69, 9.17) is 19.4 Å². The van der Waals surface area contributed by atoms with Crippen LogP contribution < -0.4 is 4.90 Å². The van der Waals surface area contributed by atoms with Gasteiger partial charge in [0.1, 0.15) is 12.1 Å². The van der Waals surface area contributed by atoms with E-state index in [-0.39, 0.29) is 12.2 Å². The molecule has 0 bridgehead atoms. The molecular weight excluding hydrogens is 452 g/mol. The second-order valence-corrected chi connectivity index (χ2v) is 10.4. The lowest BCUT2D eigenvalue weighted by Gasteiger charge is -2.38. The Labute approximate surface area is 214 Å². The Hall–Kier alpha value is -2.77. The average Bonchev–Trinajstić information content (AvgIpc) is 2.92. The zero-order valence-corrected chi connectivity index (χ0v) is 21.6. The number of benzene rings is 1. The van der Waals surface area contributed by atoms with Crippen molar-refractivity contribution >= 4 is 11.7 Å². The SMILES string of the molecule is C=CC(=O)N1CCN(c2ncnc3c2CC(C)C(c2cc(COC4CCCCO4)ccc2C)C3)CC1. The molecule has 3 heterocycles. The fraction of sp³-hybridized carbons (Fsp3) is 0.552. The van der Waals surface area contributed by atoms with Crippen molar-refractivity contribution in [2.24, 2.45) is 5.92 Å². The van der Waals surface area contributed by atoms with Crippen molar-refractivity contribution < 1.29 is 14.3 Å². The third-order valence-electron chi connectivity index (χ3n) is 8.02. The van der Waals surface area contributed by atoms with Crippen LogP contribution in [0.15, 0.2) is 37.2 Å². The Balaban J connectivity index is 1.30. The number of nitrogens with zero attached hydrogens (tertiary/aromatic N) is 4. The summed E-state index contributed by atoms with van der Waals surface area (Å²) >= 11 is 0. The highest BCUT2D eigenvalue weighted by Gasteiger charge is 2.32. The molecule has 2 aromatic rings. The van der Waals surface area contributed by atoms with Gasteiger partial charge in [-0.15, -0.1) is 0 Å². The number of piperazine rings is 1. The normalized spacial score (nSPS) is 24.3. The lowest BCUT2D eigenvalue weighted by Crippen LogP contribution is -2.49. The Kier molecular flexibility index (Phi) is 7.67. The van der Waals surface area contributed by atoms with E-state index in [2.05, 4.69) is 43.5 Å². The Morgan fingerprint density at radius 1 is 1.19 bits per heavy atom. The van der Waals surface area contributed by atoms with Gasteiger partial charge in [-0.25, -0.2) is 9.97 Å². The van der Waals surface area contributed by atoms with Gasteiger partial charge in [-0.1, -0.05) is 31.7 Å². The fourth-order valence-electron chi connectivity index (χ4n) is 5.86. The topological polar surface area (TPSA) is 67.8 Å². The number of ether oxygens (including phenoxy) is 2. The molecule has 2 saturated heterocycles. The van der Waals surface area contributed by atoms with Crippen LogP contribution in [0.3, 0.4) is 0 Å². The number of rotatable bonds is 6. The first-order valence-corrected chi connectivity index (χ1v) is 13.3. The van der Waals surface area contributed by atoms with E-state index in [0.29, 0.717) is 31.5 Å². The van der Waals surface area contributed by atoms with E-state index >= 15 is 0 Å². The summed E-state index contributed by atoms with van der Waals surface area (Å²) in [7, 11) is 0. The second-order valence-electron chi connectivity index (χ2n) is 10.4. The minimum atomic E-state index is -0.0733. The van der Waals surface area contributed by atoms with Crippen molar-refractivity contribution in [1.82, 2.24) is 14.9 Å². The van der Waals surface area contributed by atoms with Crippen LogP contribution in [-0.4, -0.2) is 59.9 Å². The average molecular weight is 491 g/mol. The summed E-state index contributed by atoms with van der Waals surface area (Å²) in [6, 6.07) is 6.75. The van der Waals surface area contributed by atoms with Crippen molar-refractivity contribution in [1.29, 1.82) is 0 Å². The van der Waals surface area contributed by atoms with E-state index in [1.165, 1.54) is 34.8 Å². The van der Waals surface area contributed by atoms with Crippen LogP contribution in [0.2, 0.25) is 0 Å². The van der Waals surface area contributed by atoms with Gasteiger partial charge in [0.05, 0.1) is 6.61 Å². The molecule has 0 N–H and O–H groups in total. The lowest BCUT2D eigenvalue weighted by atomic mass is 9.74. The van der Waals surface area contributed by atoms with E-state index in [1.807, 2.05) is 4.90 Å². The molecule has 1 aromatic carbocycles. The number of fused-ring (bicyclic) bond motifs is 1. The number of aromatic nitrogens is 2. The van der Waals surface area contributed by atoms with Crippen LogP contribution in [0.5, 0.6) is 0 Å². The molecule has 3 aliphatic rings. The van der Waals surface area contributed by atoms with Crippen molar-refractivity contribution in [3.8, 4) is 0 Å². The number of hydrogen-bond acceptors (Lipinski definition) is 6. The van der Waals surface area contributed by atoms with E-state index in [9.17, 15) is 4.79 Å². The molecule has 0 radical (unpaired) electrons. The van der Waals surface area contributed by atoms with Crippen LogP contribution >= 0.6 is 0 Å². The minimum absolute atomic E-state index is 0.00472. The van der Waals surface area contributed by atoms with Gasteiger partial charge < -0.3 is 19.3 Å². The number of carbonyl (C=O) groups is 1. The summed E-state index contributed by atoms with van der Waals surface area (Å²) in [5.41, 5.74) is 6.36. The fourth-order valence-corrected chi connectivity index (χ4v) is 5.86. The molecule has 1 aromatic heterocycles. The molecule has 5 rings (SSSR count). The standard InChI is InChI=1S/C29H38N4O3/c1-4-27(34)32-10-12-33(13-11-32)29-25-15-21(3)24(17-26(25)30-19-31-29)23-16-22(9-8-20(23)2)18-36-28-7-5-6-14-35-28/h4,8-9,16,19,21,24,28H,1,5-7,10-15,17-18H2,2-3H3. The summed E-state index contributed by atoms with van der Waals surface area (Å²) in [5.74, 6) is 1.93. The number of aryl methyl sites for hydroxylation is 1. The molecule has 7 heteroatoms. The maximum absolute atomic E-state index is 12.0. The highest BCUT2D eigenvalue weighted by Crippen LogP contribution is 2.40. The molecule has 2 fully saturated rings. The third-order valence-corrected chi connectivity index (χ3v) is 8.02. The van der Waals surface area contributed by atoms with Gasteiger partial charge in [0.15, 0.2) is 6.29 Å². The molecule has 36 heavy (non-hydrogen) atoms. The maximum atomic E-state index is 12.0. The highest BCUT2D eigenvalue weighted by molar-refractivity contribution is 5.87. The lowest BCUT2D eigenvalue weighted by molar-refractivity contribution is -0.168. The van der Waals surface area contributed by atoms with Gasteiger partial charge in [-0.2, -0.15) is 0 Å². The van der Waals surface area contributed by atoms with Gasteiger partial charge in [-0.05, 0) is 73.6 Å². The van der Waals surface area contributed by atoms with Crippen molar-refractivity contribution in [3.63, 3.8) is 0 Å². The first-order valence-electron chi connectivity index (χ1n) is 13.3. The molecule has 3 unspecified atom stereocenters. The number of hydrogen-bond donors (Lipinski definition) is 0. The smallest absolute Gasteiger partial charge is 0.246 e. The van der Waals surface area contributed by atoms with Gasteiger partial charge in [-0.3, -0.25) is 4.79 Å². The molecule has 192 valence electrons. The maximum Gasteiger partial charge on any atom is 0.246 e. The van der Waals surface area contributed by atoms with E-state index in [0.717, 1.165) is 56.9 Å². The number of amides is 1.